The zero-order valence-electron chi connectivity index (χ0n) is 10.2. The van der Waals surface area contributed by atoms with Crippen LogP contribution < -0.4 is 5.32 Å². The number of rotatable bonds is 8. The number of aliphatic hydroxyl groups excluding tert-OH is 1. The molecule has 1 atom stereocenters. The Morgan fingerprint density at radius 3 is 3.00 bits per heavy atom. The monoisotopic (exact) mass is 301 g/mol. The van der Waals surface area contributed by atoms with Crippen LogP contribution in [-0.4, -0.2) is 31.4 Å². The van der Waals surface area contributed by atoms with Crippen LogP contribution in [0, 0.1) is 0 Å². The van der Waals surface area contributed by atoms with Gasteiger partial charge in [-0.05, 0) is 37.6 Å². The number of hydrogen-bond donors (Lipinski definition) is 2. The van der Waals surface area contributed by atoms with E-state index >= 15 is 0 Å². The Hall–Kier alpha value is -0.420. The number of benzene rings is 1. The first-order valence-corrected chi connectivity index (χ1v) is 6.75. The predicted octanol–water partition coefficient (Wildman–Crippen LogP) is 2.50. The van der Waals surface area contributed by atoms with Gasteiger partial charge in [-0.3, -0.25) is 0 Å². The van der Waals surface area contributed by atoms with Crippen LogP contribution in [0.5, 0.6) is 0 Å². The van der Waals surface area contributed by atoms with E-state index in [0.29, 0.717) is 6.54 Å². The van der Waals surface area contributed by atoms with Gasteiger partial charge in [0.05, 0.1) is 6.10 Å². The molecule has 0 aromatic heterocycles. The molecule has 0 heterocycles. The van der Waals surface area contributed by atoms with E-state index in [4.69, 9.17) is 4.74 Å². The molecule has 96 valence electrons. The first kappa shape index (κ1) is 14.6. The van der Waals surface area contributed by atoms with Gasteiger partial charge in [-0.2, -0.15) is 0 Å². The summed E-state index contributed by atoms with van der Waals surface area (Å²) >= 11 is 3.39. The molecule has 0 aliphatic heterocycles. The topological polar surface area (TPSA) is 41.5 Å². The van der Waals surface area contributed by atoms with Gasteiger partial charge in [0.1, 0.15) is 0 Å². The summed E-state index contributed by atoms with van der Waals surface area (Å²) in [7, 11) is 0. The highest BCUT2D eigenvalue weighted by Crippen LogP contribution is 2.17. The third-order valence-corrected chi connectivity index (χ3v) is 2.91. The van der Waals surface area contributed by atoms with Crippen molar-refractivity contribution in [3.63, 3.8) is 0 Å². The summed E-state index contributed by atoms with van der Waals surface area (Å²) in [5.74, 6) is 0. The first-order valence-electron chi connectivity index (χ1n) is 5.96. The molecule has 0 saturated heterocycles. The molecule has 3 nitrogen and oxygen atoms in total. The summed E-state index contributed by atoms with van der Waals surface area (Å²) in [4.78, 5) is 0. The molecule has 0 saturated carbocycles. The van der Waals surface area contributed by atoms with E-state index in [1.807, 2.05) is 31.2 Å². The highest BCUT2D eigenvalue weighted by Gasteiger charge is 2.06. The molecule has 0 radical (unpaired) electrons. The van der Waals surface area contributed by atoms with Gasteiger partial charge in [0.15, 0.2) is 0 Å². The fraction of sp³-hybridized carbons (Fsp3) is 0.538. The SMILES string of the molecule is CCOCCCNCC(O)c1cccc(Br)c1. The van der Waals surface area contributed by atoms with Gasteiger partial charge in [0.25, 0.3) is 0 Å². The average Bonchev–Trinajstić information content (AvgIpc) is 2.33. The Morgan fingerprint density at radius 1 is 1.47 bits per heavy atom. The Labute approximate surface area is 111 Å². The Balaban J connectivity index is 2.19. The molecule has 2 N–H and O–H groups in total. The fourth-order valence-electron chi connectivity index (χ4n) is 1.51. The quantitative estimate of drug-likeness (QED) is 0.725. The second-order valence-electron chi connectivity index (χ2n) is 3.83. The largest absolute Gasteiger partial charge is 0.387 e. The summed E-state index contributed by atoms with van der Waals surface area (Å²) in [6, 6.07) is 7.74. The fourth-order valence-corrected chi connectivity index (χ4v) is 1.93. The van der Waals surface area contributed by atoms with Crippen LogP contribution in [0.4, 0.5) is 0 Å². The molecule has 4 heteroatoms. The van der Waals surface area contributed by atoms with Crippen LogP contribution in [0.3, 0.4) is 0 Å². The van der Waals surface area contributed by atoms with E-state index in [0.717, 1.165) is 36.2 Å². The molecular formula is C13H20BrNO2. The molecule has 0 fully saturated rings. The van der Waals surface area contributed by atoms with Crippen molar-refractivity contribution in [3.8, 4) is 0 Å². The van der Waals surface area contributed by atoms with Gasteiger partial charge in [-0.15, -0.1) is 0 Å². The number of halogens is 1. The molecule has 1 rings (SSSR count). The number of hydrogen-bond acceptors (Lipinski definition) is 3. The Morgan fingerprint density at radius 2 is 2.29 bits per heavy atom. The maximum Gasteiger partial charge on any atom is 0.0914 e. The summed E-state index contributed by atoms with van der Waals surface area (Å²) in [6.07, 6.45) is 0.513. The van der Waals surface area contributed by atoms with Crippen molar-refractivity contribution in [2.75, 3.05) is 26.3 Å². The number of nitrogens with one attached hydrogen (secondary N) is 1. The Bertz CT molecular complexity index is 320. The van der Waals surface area contributed by atoms with E-state index in [-0.39, 0.29) is 0 Å². The molecule has 0 aliphatic rings. The smallest absolute Gasteiger partial charge is 0.0914 e. The lowest BCUT2D eigenvalue weighted by molar-refractivity contribution is 0.141. The normalized spacial score (nSPS) is 12.6. The van der Waals surface area contributed by atoms with Gasteiger partial charge >= 0.3 is 0 Å². The molecule has 0 aliphatic carbocycles. The Kier molecular flexibility index (Phi) is 7.44. The first-order chi connectivity index (χ1) is 8.24. The molecule has 1 aromatic rings. The zero-order valence-corrected chi connectivity index (χ0v) is 11.7. The summed E-state index contributed by atoms with van der Waals surface area (Å²) in [6.45, 7) is 4.97. The van der Waals surface area contributed by atoms with Gasteiger partial charge in [0, 0.05) is 24.2 Å². The number of aliphatic hydroxyl groups is 1. The summed E-state index contributed by atoms with van der Waals surface area (Å²) in [5.41, 5.74) is 0.927. The molecule has 1 unspecified atom stereocenters. The lowest BCUT2D eigenvalue weighted by Crippen LogP contribution is -2.23. The van der Waals surface area contributed by atoms with Crippen LogP contribution >= 0.6 is 15.9 Å². The molecule has 0 spiro atoms. The highest BCUT2D eigenvalue weighted by atomic mass is 79.9. The molecule has 0 amide bonds. The van der Waals surface area contributed by atoms with E-state index in [1.54, 1.807) is 0 Å². The van der Waals surface area contributed by atoms with Crippen LogP contribution in [0.1, 0.15) is 25.0 Å². The van der Waals surface area contributed by atoms with Crippen molar-refractivity contribution in [2.24, 2.45) is 0 Å². The average molecular weight is 302 g/mol. The minimum atomic E-state index is -0.459. The van der Waals surface area contributed by atoms with E-state index in [2.05, 4.69) is 21.2 Å². The van der Waals surface area contributed by atoms with E-state index < -0.39 is 6.10 Å². The van der Waals surface area contributed by atoms with Gasteiger partial charge in [-0.1, -0.05) is 28.1 Å². The molecular weight excluding hydrogens is 282 g/mol. The van der Waals surface area contributed by atoms with E-state index in [9.17, 15) is 5.11 Å². The third kappa shape index (κ3) is 6.17. The van der Waals surface area contributed by atoms with Gasteiger partial charge in [-0.25, -0.2) is 0 Å². The van der Waals surface area contributed by atoms with Crippen LogP contribution in [0.15, 0.2) is 28.7 Å². The van der Waals surface area contributed by atoms with Crippen LogP contribution in [0.25, 0.3) is 0 Å². The van der Waals surface area contributed by atoms with Crippen molar-refractivity contribution in [3.05, 3.63) is 34.3 Å². The third-order valence-electron chi connectivity index (χ3n) is 2.42. The van der Waals surface area contributed by atoms with Gasteiger partial charge < -0.3 is 15.2 Å². The lowest BCUT2D eigenvalue weighted by atomic mass is 10.1. The van der Waals surface area contributed by atoms with Crippen molar-refractivity contribution in [1.82, 2.24) is 5.32 Å². The highest BCUT2D eigenvalue weighted by molar-refractivity contribution is 9.10. The van der Waals surface area contributed by atoms with Crippen LogP contribution in [0.2, 0.25) is 0 Å². The maximum absolute atomic E-state index is 9.93. The summed E-state index contributed by atoms with van der Waals surface area (Å²) < 4.78 is 6.22. The van der Waals surface area contributed by atoms with E-state index in [1.165, 1.54) is 0 Å². The van der Waals surface area contributed by atoms with Crippen molar-refractivity contribution >= 4 is 15.9 Å². The van der Waals surface area contributed by atoms with Crippen LogP contribution in [-0.2, 0) is 4.74 Å². The van der Waals surface area contributed by atoms with Crippen molar-refractivity contribution in [2.45, 2.75) is 19.4 Å². The predicted molar refractivity (Wildman–Crippen MR) is 73.1 cm³/mol. The summed E-state index contributed by atoms with van der Waals surface area (Å²) in [5, 5.41) is 13.1. The standard InChI is InChI=1S/C13H20BrNO2/c1-2-17-8-4-7-15-10-13(16)11-5-3-6-12(14)9-11/h3,5-6,9,13,15-16H,2,4,7-8,10H2,1H3. The second kappa shape index (κ2) is 8.64. The lowest BCUT2D eigenvalue weighted by Gasteiger charge is -2.12. The molecule has 17 heavy (non-hydrogen) atoms. The minimum Gasteiger partial charge on any atom is -0.387 e. The van der Waals surface area contributed by atoms with Crippen molar-refractivity contribution in [1.29, 1.82) is 0 Å². The minimum absolute atomic E-state index is 0.459. The zero-order chi connectivity index (χ0) is 12.5. The molecule has 0 bridgehead atoms. The molecule has 1 aromatic carbocycles. The number of ether oxygens (including phenoxy) is 1. The van der Waals surface area contributed by atoms with Gasteiger partial charge in [0.2, 0.25) is 0 Å². The second-order valence-corrected chi connectivity index (χ2v) is 4.74. The maximum atomic E-state index is 9.93. The van der Waals surface area contributed by atoms with Crippen molar-refractivity contribution < 1.29 is 9.84 Å².